The Hall–Kier alpha value is -2.89. The number of hydrogen-bond acceptors (Lipinski definition) is 5. The molecule has 140 valence electrons. The molecule has 4 rings (SSSR count). The lowest BCUT2D eigenvalue weighted by Gasteiger charge is -2.32. The molecular weight excluding hydrogens is 344 g/mol. The quantitative estimate of drug-likeness (QED) is 0.615. The van der Waals surface area contributed by atoms with Crippen molar-refractivity contribution in [1.29, 1.82) is 0 Å². The maximum atomic E-state index is 12.9. The lowest BCUT2D eigenvalue weighted by molar-refractivity contribution is -0.141. The van der Waals surface area contributed by atoms with Crippen molar-refractivity contribution in [3.8, 4) is 0 Å². The van der Waals surface area contributed by atoms with Crippen LogP contribution in [0.2, 0.25) is 0 Å². The van der Waals surface area contributed by atoms with E-state index in [1.54, 1.807) is 6.07 Å². The normalized spacial score (nSPS) is 16.8. The molecule has 2 aliphatic rings. The maximum Gasteiger partial charge on any atom is 0.302 e. The second kappa shape index (κ2) is 7.02. The zero-order chi connectivity index (χ0) is 19.0. The van der Waals surface area contributed by atoms with E-state index in [-0.39, 0.29) is 25.0 Å². The molecule has 2 aromatic rings. The molecule has 0 saturated carbocycles. The Morgan fingerprint density at radius 3 is 2.41 bits per heavy atom. The van der Waals surface area contributed by atoms with Gasteiger partial charge < -0.3 is 9.64 Å². The summed E-state index contributed by atoms with van der Waals surface area (Å²) in [4.78, 5) is 40.3. The molecule has 2 heterocycles. The van der Waals surface area contributed by atoms with E-state index in [1.807, 2.05) is 24.3 Å². The van der Waals surface area contributed by atoms with Crippen LogP contribution < -0.4 is 4.90 Å². The number of benzene rings is 2. The van der Waals surface area contributed by atoms with Gasteiger partial charge in [-0.15, -0.1) is 0 Å². The average Bonchev–Trinajstić information content (AvgIpc) is 2.68. The van der Waals surface area contributed by atoms with Crippen molar-refractivity contribution >= 4 is 34.2 Å². The van der Waals surface area contributed by atoms with Crippen molar-refractivity contribution in [2.24, 2.45) is 0 Å². The van der Waals surface area contributed by atoms with Crippen molar-refractivity contribution in [2.75, 3.05) is 31.1 Å². The predicted molar refractivity (Wildman–Crippen MR) is 102 cm³/mol. The number of amides is 2. The van der Waals surface area contributed by atoms with Gasteiger partial charge in [-0.25, -0.2) is 0 Å². The van der Waals surface area contributed by atoms with Crippen LogP contribution in [-0.2, 0) is 9.53 Å². The van der Waals surface area contributed by atoms with E-state index in [0.717, 1.165) is 42.4 Å². The van der Waals surface area contributed by atoms with E-state index < -0.39 is 5.97 Å². The van der Waals surface area contributed by atoms with Gasteiger partial charge in [0, 0.05) is 47.6 Å². The smallest absolute Gasteiger partial charge is 0.302 e. The van der Waals surface area contributed by atoms with Crippen LogP contribution in [-0.4, -0.2) is 48.9 Å². The largest absolute Gasteiger partial charge is 0.464 e. The minimum atomic E-state index is -0.430. The Morgan fingerprint density at radius 2 is 1.70 bits per heavy atom. The van der Waals surface area contributed by atoms with Gasteiger partial charge in [-0.05, 0) is 37.5 Å². The zero-order valence-electron chi connectivity index (χ0n) is 15.4. The molecule has 1 fully saturated rings. The summed E-state index contributed by atoms with van der Waals surface area (Å²) in [6.45, 7) is 3.35. The van der Waals surface area contributed by atoms with Crippen molar-refractivity contribution in [1.82, 2.24) is 4.90 Å². The first-order chi connectivity index (χ1) is 13.1. The lowest BCUT2D eigenvalue weighted by Crippen LogP contribution is -2.42. The minimum Gasteiger partial charge on any atom is -0.464 e. The van der Waals surface area contributed by atoms with Gasteiger partial charge in [-0.3, -0.25) is 19.3 Å². The van der Waals surface area contributed by atoms with Gasteiger partial charge in [0.25, 0.3) is 11.8 Å². The van der Waals surface area contributed by atoms with Crippen molar-refractivity contribution in [3.05, 3.63) is 41.5 Å². The molecule has 0 spiro atoms. The summed E-state index contributed by atoms with van der Waals surface area (Å²) >= 11 is 0. The van der Waals surface area contributed by atoms with E-state index in [2.05, 4.69) is 4.90 Å². The highest BCUT2D eigenvalue weighted by atomic mass is 16.5. The summed E-state index contributed by atoms with van der Waals surface area (Å²) in [5.74, 6) is -1.09. The highest BCUT2D eigenvalue weighted by molar-refractivity contribution is 6.26. The standard InChI is InChI=1S/C21H22N2O4/c1-14(24)27-13-12-23-20(25)16-7-5-6-15-18(22-10-3-2-4-11-22)9-8-17(19(15)16)21(23)26/h5-9H,2-4,10-13H2,1H3. The van der Waals surface area contributed by atoms with Crippen molar-refractivity contribution < 1.29 is 19.1 Å². The van der Waals surface area contributed by atoms with Gasteiger partial charge in [-0.1, -0.05) is 12.1 Å². The highest BCUT2D eigenvalue weighted by Crippen LogP contribution is 2.36. The minimum absolute atomic E-state index is 0.00395. The van der Waals surface area contributed by atoms with Crippen LogP contribution in [0.5, 0.6) is 0 Å². The molecule has 0 N–H and O–H groups in total. The third kappa shape index (κ3) is 3.05. The fraction of sp³-hybridized carbons (Fsp3) is 0.381. The summed E-state index contributed by atoms with van der Waals surface area (Å²) in [6.07, 6.45) is 3.56. The average molecular weight is 366 g/mol. The molecule has 6 nitrogen and oxygen atoms in total. The fourth-order valence-electron chi connectivity index (χ4n) is 4.03. The summed E-state index contributed by atoms with van der Waals surface area (Å²) < 4.78 is 4.91. The van der Waals surface area contributed by atoms with Crippen LogP contribution in [0.15, 0.2) is 30.3 Å². The van der Waals surface area contributed by atoms with Gasteiger partial charge in [-0.2, -0.15) is 0 Å². The molecule has 6 heteroatoms. The molecule has 0 atom stereocenters. The van der Waals surface area contributed by atoms with Gasteiger partial charge in [0.05, 0.1) is 6.54 Å². The highest BCUT2D eigenvalue weighted by Gasteiger charge is 2.33. The van der Waals surface area contributed by atoms with Gasteiger partial charge in [0.15, 0.2) is 0 Å². The maximum absolute atomic E-state index is 12.9. The second-order valence-electron chi connectivity index (χ2n) is 7.01. The number of esters is 1. The van der Waals surface area contributed by atoms with Crippen molar-refractivity contribution in [3.63, 3.8) is 0 Å². The summed E-state index contributed by atoms with van der Waals surface area (Å²) in [5, 5.41) is 1.69. The molecule has 2 amide bonds. The molecular formula is C21H22N2O4. The second-order valence-corrected chi connectivity index (χ2v) is 7.01. The Morgan fingerprint density at radius 1 is 1.00 bits per heavy atom. The van der Waals surface area contributed by atoms with E-state index in [4.69, 9.17) is 4.74 Å². The molecule has 0 bridgehead atoms. The van der Waals surface area contributed by atoms with Crippen LogP contribution in [0.4, 0.5) is 5.69 Å². The van der Waals surface area contributed by atoms with Crippen LogP contribution in [0.25, 0.3) is 10.8 Å². The third-order valence-corrected chi connectivity index (χ3v) is 5.29. The molecule has 0 aliphatic carbocycles. The Bertz CT molecular complexity index is 909. The SMILES string of the molecule is CC(=O)OCCN1C(=O)c2cccc3c(N4CCCCC4)ccc(c23)C1=O. The zero-order valence-corrected chi connectivity index (χ0v) is 15.4. The lowest BCUT2D eigenvalue weighted by atomic mass is 9.92. The van der Waals surface area contributed by atoms with E-state index in [1.165, 1.54) is 18.2 Å². The number of piperidine rings is 1. The molecule has 2 aliphatic heterocycles. The number of rotatable bonds is 4. The summed E-state index contributed by atoms with van der Waals surface area (Å²) in [5.41, 5.74) is 2.15. The van der Waals surface area contributed by atoms with Crippen LogP contribution >= 0.6 is 0 Å². The molecule has 0 radical (unpaired) electrons. The molecule has 0 unspecified atom stereocenters. The first-order valence-corrected chi connectivity index (χ1v) is 9.38. The Balaban J connectivity index is 1.75. The first-order valence-electron chi connectivity index (χ1n) is 9.38. The first kappa shape index (κ1) is 17.5. The fourth-order valence-corrected chi connectivity index (χ4v) is 4.03. The summed E-state index contributed by atoms with van der Waals surface area (Å²) in [6, 6.07) is 9.43. The number of carbonyl (C=O) groups excluding carboxylic acids is 3. The number of hydrogen-bond donors (Lipinski definition) is 0. The monoisotopic (exact) mass is 366 g/mol. The van der Waals surface area contributed by atoms with Crippen LogP contribution in [0, 0.1) is 0 Å². The molecule has 1 saturated heterocycles. The number of anilines is 1. The van der Waals surface area contributed by atoms with E-state index >= 15 is 0 Å². The Labute approximate surface area is 157 Å². The van der Waals surface area contributed by atoms with Gasteiger partial charge in [0.1, 0.15) is 6.61 Å². The number of ether oxygens (including phenoxy) is 1. The third-order valence-electron chi connectivity index (χ3n) is 5.29. The van der Waals surface area contributed by atoms with E-state index in [9.17, 15) is 14.4 Å². The summed E-state index contributed by atoms with van der Waals surface area (Å²) in [7, 11) is 0. The number of carbonyl (C=O) groups is 3. The molecule has 27 heavy (non-hydrogen) atoms. The number of nitrogens with zero attached hydrogens (tertiary/aromatic N) is 2. The van der Waals surface area contributed by atoms with Crippen LogP contribution in [0.3, 0.4) is 0 Å². The molecule has 0 aromatic heterocycles. The number of imide groups is 1. The van der Waals surface area contributed by atoms with Gasteiger partial charge in [0.2, 0.25) is 0 Å². The topological polar surface area (TPSA) is 66.9 Å². The van der Waals surface area contributed by atoms with Crippen molar-refractivity contribution in [2.45, 2.75) is 26.2 Å². The Kier molecular flexibility index (Phi) is 4.56. The van der Waals surface area contributed by atoms with E-state index in [0.29, 0.717) is 11.1 Å². The molecule has 2 aromatic carbocycles. The van der Waals surface area contributed by atoms with Gasteiger partial charge >= 0.3 is 5.97 Å². The van der Waals surface area contributed by atoms with Crippen LogP contribution in [0.1, 0.15) is 46.9 Å². The predicted octanol–water partition coefficient (Wildman–Crippen LogP) is 2.99.